The van der Waals surface area contributed by atoms with E-state index in [0.717, 1.165) is 43.2 Å². The summed E-state index contributed by atoms with van der Waals surface area (Å²) in [5.74, 6) is 0.304. The minimum atomic E-state index is -0.388. The topological polar surface area (TPSA) is 52.6 Å². The number of esters is 2. The summed E-state index contributed by atoms with van der Waals surface area (Å²) in [6, 6.07) is 21.8. The van der Waals surface area contributed by atoms with Gasteiger partial charge in [-0.25, -0.2) is 9.59 Å². The highest BCUT2D eigenvalue weighted by atomic mass is 32.2. The Morgan fingerprint density at radius 2 is 0.892 bits per heavy atom. The molecule has 37 heavy (non-hydrogen) atoms. The van der Waals surface area contributed by atoms with E-state index < -0.39 is 0 Å². The first kappa shape index (κ1) is 26.2. The SMILES string of the molecule is Cc1cc(OC(=O)c2ccccc2)c(C)c(Sc2c(C)c(C)cc(OC(=O)c3ccccc3)c2C)c1C. The number of hydrogen-bond donors (Lipinski definition) is 0. The van der Waals surface area contributed by atoms with Crippen molar-refractivity contribution in [2.75, 3.05) is 0 Å². The highest BCUT2D eigenvalue weighted by molar-refractivity contribution is 7.99. The summed E-state index contributed by atoms with van der Waals surface area (Å²) in [6.45, 7) is 12.1. The number of carbonyl (C=O) groups is 2. The lowest BCUT2D eigenvalue weighted by Gasteiger charge is -2.20. The van der Waals surface area contributed by atoms with Crippen molar-refractivity contribution in [3.05, 3.63) is 117 Å². The first-order valence-electron chi connectivity index (χ1n) is 12.1. The molecule has 5 heteroatoms. The second-order valence-electron chi connectivity index (χ2n) is 9.15. The van der Waals surface area contributed by atoms with Crippen LogP contribution in [0, 0.1) is 41.5 Å². The molecule has 0 radical (unpaired) electrons. The molecule has 0 spiro atoms. The van der Waals surface area contributed by atoms with Gasteiger partial charge in [0.1, 0.15) is 11.5 Å². The van der Waals surface area contributed by atoms with Gasteiger partial charge in [0.2, 0.25) is 0 Å². The van der Waals surface area contributed by atoms with Crippen molar-refractivity contribution in [2.24, 2.45) is 0 Å². The predicted molar refractivity (Wildman–Crippen MR) is 148 cm³/mol. The molecular formula is C32H30O4S. The summed E-state index contributed by atoms with van der Waals surface area (Å²) < 4.78 is 11.7. The van der Waals surface area contributed by atoms with Gasteiger partial charge in [0, 0.05) is 20.9 Å². The van der Waals surface area contributed by atoms with Crippen LogP contribution in [-0.2, 0) is 0 Å². The number of aryl methyl sites for hydroxylation is 2. The molecule has 0 atom stereocenters. The Labute approximate surface area is 222 Å². The molecule has 0 saturated heterocycles. The van der Waals surface area contributed by atoms with Crippen LogP contribution in [0.3, 0.4) is 0 Å². The Balaban J connectivity index is 1.70. The zero-order valence-corrected chi connectivity index (χ0v) is 22.8. The van der Waals surface area contributed by atoms with Gasteiger partial charge in [-0.2, -0.15) is 0 Å². The summed E-state index contributed by atoms with van der Waals surface area (Å²) in [5, 5.41) is 0. The van der Waals surface area contributed by atoms with Crippen LogP contribution in [0.4, 0.5) is 0 Å². The predicted octanol–water partition coefficient (Wildman–Crippen LogP) is 8.13. The van der Waals surface area contributed by atoms with Gasteiger partial charge in [-0.15, -0.1) is 0 Å². The largest absolute Gasteiger partial charge is 0.423 e. The number of ether oxygens (including phenoxy) is 2. The molecule has 0 unspecified atom stereocenters. The van der Waals surface area contributed by atoms with Crippen LogP contribution in [0.1, 0.15) is 54.1 Å². The number of hydrogen-bond acceptors (Lipinski definition) is 5. The number of rotatable bonds is 6. The molecule has 188 valence electrons. The van der Waals surface area contributed by atoms with E-state index in [-0.39, 0.29) is 11.9 Å². The first-order valence-corrected chi connectivity index (χ1v) is 12.9. The summed E-state index contributed by atoms with van der Waals surface area (Å²) in [7, 11) is 0. The van der Waals surface area contributed by atoms with Crippen molar-refractivity contribution in [3.8, 4) is 11.5 Å². The van der Waals surface area contributed by atoms with Crippen LogP contribution in [-0.4, -0.2) is 11.9 Å². The molecule has 4 aromatic rings. The Hall–Kier alpha value is -3.83. The molecule has 0 aliphatic rings. The fraction of sp³-hybridized carbons (Fsp3) is 0.188. The Kier molecular flexibility index (Phi) is 7.84. The standard InChI is InChI=1S/C32H30O4S/c1-19-17-27(35-31(33)25-13-9-7-10-14-25)23(5)29(21(19)3)37-30-22(4)20(2)18-28(24(30)6)36-32(34)26-15-11-8-12-16-26/h7-18H,1-6H3. The normalized spacial score (nSPS) is 10.8. The zero-order chi connectivity index (χ0) is 26.7. The fourth-order valence-electron chi connectivity index (χ4n) is 4.06. The fourth-order valence-corrected chi connectivity index (χ4v) is 5.40. The van der Waals surface area contributed by atoms with Gasteiger partial charge in [0.25, 0.3) is 0 Å². The van der Waals surface area contributed by atoms with E-state index in [0.29, 0.717) is 22.6 Å². The van der Waals surface area contributed by atoms with Crippen LogP contribution in [0.5, 0.6) is 11.5 Å². The second-order valence-corrected chi connectivity index (χ2v) is 10.2. The highest BCUT2D eigenvalue weighted by Crippen LogP contribution is 2.44. The van der Waals surface area contributed by atoms with Crippen LogP contribution in [0.15, 0.2) is 82.6 Å². The molecule has 0 saturated carbocycles. The highest BCUT2D eigenvalue weighted by Gasteiger charge is 2.21. The maximum Gasteiger partial charge on any atom is 0.343 e. The molecule has 0 aromatic heterocycles. The van der Waals surface area contributed by atoms with Crippen molar-refractivity contribution >= 4 is 23.7 Å². The van der Waals surface area contributed by atoms with Crippen molar-refractivity contribution in [2.45, 2.75) is 51.3 Å². The maximum absolute atomic E-state index is 12.8. The van der Waals surface area contributed by atoms with Gasteiger partial charge >= 0.3 is 11.9 Å². The third-order valence-corrected chi connectivity index (χ3v) is 8.24. The van der Waals surface area contributed by atoms with E-state index in [1.54, 1.807) is 36.0 Å². The Bertz CT molecular complexity index is 1360. The van der Waals surface area contributed by atoms with Crippen LogP contribution in [0.2, 0.25) is 0 Å². The van der Waals surface area contributed by atoms with E-state index >= 15 is 0 Å². The Morgan fingerprint density at radius 1 is 0.541 bits per heavy atom. The van der Waals surface area contributed by atoms with E-state index in [1.165, 1.54) is 0 Å². The molecule has 0 bridgehead atoms. The molecule has 0 heterocycles. The molecule has 0 N–H and O–H groups in total. The molecule has 4 rings (SSSR count). The van der Waals surface area contributed by atoms with Crippen molar-refractivity contribution < 1.29 is 19.1 Å². The lowest BCUT2D eigenvalue weighted by molar-refractivity contribution is 0.0723. The third kappa shape index (κ3) is 5.62. The van der Waals surface area contributed by atoms with Gasteiger partial charge < -0.3 is 9.47 Å². The van der Waals surface area contributed by atoms with Gasteiger partial charge in [0.15, 0.2) is 0 Å². The summed E-state index contributed by atoms with van der Waals surface area (Å²) in [6.07, 6.45) is 0. The van der Waals surface area contributed by atoms with Crippen LogP contribution < -0.4 is 9.47 Å². The molecule has 0 fully saturated rings. The molecule has 4 aromatic carbocycles. The molecule has 0 aliphatic heterocycles. The van der Waals surface area contributed by atoms with Crippen LogP contribution in [0.25, 0.3) is 0 Å². The summed E-state index contributed by atoms with van der Waals surface area (Å²) in [4.78, 5) is 27.6. The first-order chi connectivity index (χ1) is 17.7. The number of carbonyl (C=O) groups excluding carboxylic acids is 2. The van der Waals surface area contributed by atoms with E-state index in [2.05, 4.69) is 13.8 Å². The van der Waals surface area contributed by atoms with Gasteiger partial charge in [-0.3, -0.25) is 0 Å². The van der Waals surface area contributed by atoms with Gasteiger partial charge in [-0.05, 0) is 100 Å². The monoisotopic (exact) mass is 510 g/mol. The maximum atomic E-state index is 12.8. The van der Waals surface area contributed by atoms with Gasteiger partial charge in [-0.1, -0.05) is 48.2 Å². The van der Waals surface area contributed by atoms with Crippen molar-refractivity contribution in [3.63, 3.8) is 0 Å². The minimum Gasteiger partial charge on any atom is -0.423 e. The third-order valence-electron chi connectivity index (χ3n) is 6.61. The zero-order valence-electron chi connectivity index (χ0n) is 22.0. The minimum absolute atomic E-state index is 0.388. The van der Waals surface area contributed by atoms with Crippen molar-refractivity contribution in [1.82, 2.24) is 0 Å². The summed E-state index contributed by atoms with van der Waals surface area (Å²) in [5.41, 5.74) is 7.08. The van der Waals surface area contributed by atoms with Crippen LogP contribution >= 0.6 is 11.8 Å². The van der Waals surface area contributed by atoms with E-state index in [4.69, 9.17) is 9.47 Å². The Morgan fingerprint density at radius 3 is 1.24 bits per heavy atom. The average molecular weight is 511 g/mol. The molecule has 0 amide bonds. The summed E-state index contributed by atoms with van der Waals surface area (Å²) >= 11 is 1.61. The van der Waals surface area contributed by atoms with E-state index in [1.807, 2.05) is 76.2 Å². The van der Waals surface area contributed by atoms with Crippen molar-refractivity contribution in [1.29, 1.82) is 0 Å². The number of benzene rings is 4. The lowest BCUT2D eigenvalue weighted by atomic mass is 10.1. The molecular weight excluding hydrogens is 480 g/mol. The molecule has 0 aliphatic carbocycles. The average Bonchev–Trinajstić information content (AvgIpc) is 2.90. The quantitative estimate of drug-likeness (QED) is 0.194. The van der Waals surface area contributed by atoms with E-state index in [9.17, 15) is 9.59 Å². The smallest absolute Gasteiger partial charge is 0.343 e. The molecule has 4 nitrogen and oxygen atoms in total. The van der Waals surface area contributed by atoms with Gasteiger partial charge in [0.05, 0.1) is 11.1 Å². The lowest BCUT2D eigenvalue weighted by Crippen LogP contribution is -2.10. The second kappa shape index (κ2) is 11.1.